The molecule has 0 fully saturated rings. The van der Waals surface area contributed by atoms with Crippen molar-refractivity contribution in [3.05, 3.63) is 29.8 Å². The molecule has 0 saturated heterocycles. The summed E-state index contributed by atoms with van der Waals surface area (Å²) in [7, 11) is 1.65. The van der Waals surface area contributed by atoms with E-state index in [0.29, 0.717) is 13.2 Å². The Kier molecular flexibility index (Phi) is 9.07. The molecule has 2 amide bonds. The topological polar surface area (TPSA) is 59.6 Å². The van der Waals surface area contributed by atoms with Crippen LogP contribution in [-0.4, -0.2) is 38.9 Å². The Labute approximate surface area is 133 Å². The second-order valence-corrected chi connectivity index (χ2v) is 5.32. The zero-order valence-corrected chi connectivity index (χ0v) is 13.9. The second kappa shape index (κ2) is 10.9. The first-order valence-electron chi connectivity index (χ1n) is 7.90. The van der Waals surface area contributed by atoms with Crippen molar-refractivity contribution in [3.8, 4) is 5.75 Å². The van der Waals surface area contributed by atoms with Gasteiger partial charge in [-0.15, -0.1) is 0 Å². The summed E-state index contributed by atoms with van der Waals surface area (Å²) in [5, 5.41) is 5.72. The Bertz CT molecular complexity index is 438. The number of hydrogen-bond donors (Lipinski definition) is 2. The minimum atomic E-state index is -0.158. The predicted octanol–water partition coefficient (Wildman–Crippen LogP) is 2.74. The van der Waals surface area contributed by atoms with Crippen molar-refractivity contribution in [2.24, 2.45) is 0 Å². The third-order valence-corrected chi connectivity index (χ3v) is 3.23. The minimum absolute atomic E-state index is 0.0492. The molecule has 124 valence electrons. The zero-order chi connectivity index (χ0) is 16.2. The van der Waals surface area contributed by atoms with E-state index in [-0.39, 0.29) is 12.1 Å². The van der Waals surface area contributed by atoms with Gasteiger partial charge < -0.3 is 20.1 Å². The van der Waals surface area contributed by atoms with Gasteiger partial charge in [0, 0.05) is 19.2 Å². The number of ether oxygens (including phenoxy) is 2. The van der Waals surface area contributed by atoms with E-state index in [1.165, 1.54) is 0 Å². The quantitative estimate of drug-likeness (QED) is 0.653. The van der Waals surface area contributed by atoms with Gasteiger partial charge in [0.25, 0.3) is 0 Å². The maximum Gasteiger partial charge on any atom is 0.315 e. The van der Waals surface area contributed by atoms with Crippen molar-refractivity contribution < 1.29 is 14.3 Å². The molecule has 1 aromatic carbocycles. The van der Waals surface area contributed by atoms with Crippen LogP contribution in [0.2, 0.25) is 0 Å². The zero-order valence-electron chi connectivity index (χ0n) is 13.9. The van der Waals surface area contributed by atoms with Gasteiger partial charge in [-0.25, -0.2) is 4.79 Å². The van der Waals surface area contributed by atoms with Crippen LogP contribution >= 0.6 is 0 Å². The van der Waals surface area contributed by atoms with Crippen molar-refractivity contribution in [2.45, 2.75) is 39.2 Å². The average Bonchev–Trinajstić information content (AvgIpc) is 2.50. The van der Waals surface area contributed by atoms with Gasteiger partial charge in [-0.05, 0) is 37.5 Å². The van der Waals surface area contributed by atoms with Crippen molar-refractivity contribution in [2.75, 3.05) is 26.9 Å². The molecular weight excluding hydrogens is 280 g/mol. The molecule has 0 heterocycles. The number of carbonyl (C=O) groups is 1. The molecule has 0 aromatic heterocycles. The van der Waals surface area contributed by atoms with Crippen LogP contribution in [0.4, 0.5) is 4.79 Å². The van der Waals surface area contributed by atoms with Crippen molar-refractivity contribution in [3.63, 3.8) is 0 Å². The number of methoxy groups -OCH3 is 1. The van der Waals surface area contributed by atoms with Gasteiger partial charge in [0.1, 0.15) is 5.75 Å². The fraction of sp³-hybridized carbons (Fsp3) is 0.588. The summed E-state index contributed by atoms with van der Waals surface area (Å²) < 4.78 is 10.6. The second-order valence-electron chi connectivity index (χ2n) is 5.32. The minimum Gasteiger partial charge on any atom is -0.497 e. The summed E-state index contributed by atoms with van der Waals surface area (Å²) in [6, 6.07) is 7.77. The van der Waals surface area contributed by atoms with Gasteiger partial charge in [-0.1, -0.05) is 25.5 Å². The lowest BCUT2D eigenvalue weighted by atomic mass is 10.1. The number of unbranched alkanes of at least 4 members (excludes halogenated alkanes) is 1. The van der Waals surface area contributed by atoms with Crippen LogP contribution < -0.4 is 15.4 Å². The van der Waals surface area contributed by atoms with Crippen LogP contribution in [0.5, 0.6) is 5.75 Å². The Morgan fingerprint density at radius 3 is 2.86 bits per heavy atom. The van der Waals surface area contributed by atoms with Gasteiger partial charge in [-0.2, -0.15) is 0 Å². The molecular formula is C17H28N2O3. The first-order valence-corrected chi connectivity index (χ1v) is 7.90. The van der Waals surface area contributed by atoms with Gasteiger partial charge >= 0.3 is 6.03 Å². The molecule has 0 aliphatic rings. The lowest BCUT2D eigenvalue weighted by molar-refractivity contribution is 0.133. The summed E-state index contributed by atoms with van der Waals surface area (Å²) in [6.45, 7) is 5.95. The molecule has 1 atom stereocenters. The molecule has 0 aliphatic heterocycles. The predicted molar refractivity (Wildman–Crippen MR) is 88.4 cm³/mol. The Hall–Kier alpha value is -1.75. The van der Waals surface area contributed by atoms with E-state index >= 15 is 0 Å². The van der Waals surface area contributed by atoms with Crippen LogP contribution in [0.3, 0.4) is 0 Å². The van der Waals surface area contributed by atoms with Crippen LogP contribution in [-0.2, 0) is 11.2 Å². The number of urea groups is 1. The summed E-state index contributed by atoms with van der Waals surface area (Å²) in [5.41, 5.74) is 1.13. The van der Waals surface area contributed by atoms with Crippen molar-refractivity contribution in [1.29, 1.82) is 0 Å². The van der Waals surface area contributed by atoms with E-state index in [2.05, 4.69) is 17.6 Å². The lowest BCUT2D eigenvalue weighted by Gasteiger charge is -2.15. The molecule has 1 rings (SSSR count). The summed E-state index contributed by atoms with van der Waals surface area (Å²) >= 11 is 0. The largest absolute Gasteiger partial charge is 0.497 e. The molecule has 22 heavy (non-hydrogen) atoms. The standard InChI is InChI=1S/C17H28N2O3/c1-4-5-10-22-11-9-18-17(20)19-14(2)12-15-7-6-8-16(13-15)21-3/h6-8,13-14H,4-5,9-12H2,1-3H3,(H2,18,19,20). The average molecular weight is 308 g/mol. The number of nitrogens with one attached hydrogen (secondary N) is 2. The van der Waals surface area contributed by atoms with Gasteiger partial charge in [-0.3, -0.25) is 0 Å². The summed E-state index contributed by atoms with van der Waals surface area (Å²) in [6.07, 6.45) is 2.94. The number of rotatable bonds is 10. The molecule has 0 saturated carbocycles. The molecule has 2 N–H and O–H groups in total. The monoisotopic (exact) mass is 308 g/mol. The number of carbonyl (C=O) groups excluding carboxylic acids is 1. The van der Waals surface area contributed by atoms with Crippen LogP contribution in [0.15, 0.2) is 24.3 Å². The first kappa shape index (κ1) is 18.3. The molecule has 5 heteroatoms. The van der Waals surface area contributed by atoms with Crippen LogP contribution in [0.1, 0.15) is 32.3 Å². The molecule has 0 bridgehead atoms. The summed E-state index contributed by atoms with van der Waals surface area (Å²) in [5.74, 6) is 0.832. The number of amides is 2. The highest BCUT2D eigenvalue weighted by Gasteiger charge is 2.08. The van der Waals surface area contributed by atoms with Gasteiger partial charge in [0.15, 0.2) is 0 Å². The maximum atomic E-state index is 11.8. The van der Waals surface area contributed by atoms with E-state index in [4.69, 9.17) is 9.47 Å². The van der Waals surface area contributed by atoms with E-state index in [1.54, 1.807) is 7.11 Å². The Balaban J connectivity index is 2.20. The third kappa shape index (κ3) is 7.88. The lowest BCUT2D eigenvalue weighted by Crippen LogP contribution is -2.42. The van der Waals surface area contributed by atoms with E-state index in [9.17, 15) is 4.79 Å². The smallest absolute Gasteiger partial charge is 0.315 e. The van der Waals surface area contributed by atoms with Crippen LogP contribution in [0, 0.1) is 0 Å². The first-order chi connectivity index (χ1) is 10.7. The fourth-order valence-corrected chi connectivity index (χ4v) is 2.06. The van der Waals surface area contributed by atoms with Gasteiger partial charge in [0.2, 0.25) is 0 Å². The molecule has 0 radical (unpaired) electrons. The molecule has 0 aliphatic carbocycles. The SMILES string of the molecule is CCCCOCCNC(=O)NC(C)Cc1cccc(OC)c1. The Morgan fingerprint density at radius 2 is 2.14 bits per heavy atom. The van der Waals surface area contributed by atoms with Crippen LogP contribution in [0.25, 0.3) is 0 Å². The highest BCUT2D eigenvalue weighted by atomic mass is 16.5. The summed E-state index contributed by atoms with van der Waals surface area (Å²) in [4.78, 5) is 11.8. The van der Waals surface area contributed by atoms with Crippen molar-refractivity contribution in [1.82, 2.24) is 10.6 Å². The number of hydrogen-bond acceptors (Lipinski definition) is 3. The van der Waals surface area contributed by atoms with E-state index in [0.717, 1.165) is 37.2 Å². The normalized spacial score (nSPS) is 11.8. The molecule has 0 spiro atoms. The fourth-order valence-electron chi connectivity index (χ4n) is 2.06. The van der Waals surface area contributed by atoms with Gasteiger partial charge in [0.05, 0.1) is 13.7 Å². The Morgan fingerprint density at radius 1 is 1.32 bits per heavy atom. The highest BCUT2D eigenvalue weighted by molar-refractivity contribution is 5.74. The van der Waals surface area contributed by atoms with Crippen molar-refractivity contribution >= 4 is 6.03 Å². The van der Waals surface area contributed by atoms with E-state index < -0.39 is 0 Å². The third-order valence-electron chi connectivity index (χ3n) is 3.23. The molecule has 1 unspecified atom stereocenters. The number of benzene rings is 1. The highest BCUT2D eigenvalue weighted by Crippen LogP contribution is 2.13. The van der Waals surface area contributed by atoms with E-state index in [1.807, 2.05) is 31.2 Å². The maximum absolute atomic E-state index is 11.8. The molecule has 5 nitrogen and oxygen atoms in total. The molecule has 1 aromatic rings.